The first-order valence-electron chi connectivity index (χ1n) is 11.7. The van der Waals surface area contributed by atoms with Gasteiger partial charge in [-0.25, -0.2) is 9.37 Å². The Balaban J connectivity index is 1.16. The molecule has 1 saturated heterocycles. The van der Waals surface area contributed by atoms with E-state index in [1.807, 2.05) is 12.1 Å². The van der Waals surface area contributed by atoms with Gasteiger partial charge in [0.05, 0.1) is 36.2 Å². The molecule has 0 bridgehead atoms. The number of nitrogens with one attached hydrogen (secondary N) is 1. The highest BCUT2D eigenvalue weighted by atomic mass is 19.1. The SMILES string of the molecule is COc1ccc2ncc(F)c(CCN3CCC(C)(CNCc4cc5c(cn4)OCCO5)C3)c2n1. The minimum absolute atomic E-state index is 0.147. The zero-order valence-electron chi connectivity index (χ0n) is 19.6. The topological polar surface area (TPSA) is 81.6 Å². The predicted molar refractivity (Wildman–Crippen MR) is 126 cm³/mol. The number of hydrogen-bond donors (Lipinski definition) is 1. The summed E-state index contributed by atoms with van der Waals surface area (Å²) in [5.41, 5.74) is 2.94. The maximum Gasteiger partial charge on any atom is 0.213 e. The molecule has 0 saturated carbocycles. The Labute approximate surface area is 198 Å². The van der Waals surface area contributed by atoms with Crippen molar-refractivity contribution in [1.29, 1.82) is 0 Å². The van der Waals surface area contributed by atoms with Crippen LogP contribution in [0.2, 0.25) is 0 Å². The normalized spacial score (nSPS) is 20.1. The Kier molecular flexibility index (Phi) is 6.47. The Bertz CT molecular complexity index is 1180. The Hall–Kier alpha value is -3.04. The number of hydrogen-bond acceptors (Lipinski definition) is 8. The van der Waals surface area contributed by atoms with Crippen molar-refractivity contribution in [3.8, 4) is 17.4 Å². The smallest absolute Gasteiger partial charge is 0.213 e. The number of methoxy groups -OCH3 is 1. The molecule has 0 radical (unpaired) electrons. The highest BCUT2D eigenvalue weighted by Gasteiger charge is 2.33. The summed E-state index contributed by atoms with van der Waals surface area (Å²) < 4.78 is 31.0. The third kappa shape index (κ3) is 4.90. The van der Waals surface area contributed by atoms with Crippen molar-refractivity contribution in [1.82, 2.24) is 25.2 Å². The Morgan fingerprint density at radius 2 is 2.03 bits per heavy atom. The van der Waals surface area contributed by atoms with Crippen LogP contribution in [-0.4, -0.2) is 66.4 Å². The lowest BCUT2D eigenvalue weighted by atomic mass is 9.90. The van der Waals surface area contributed by atoms with Gasteiger partial charge in [-0.2, -0.15) is 0 Å². The average molecular weight is 468 g/mol. The summed E-state index contributed by atoms with van der Waals surface area (Å²) in [6, 6.07) is 5.51. The molecule has 34 heavy (non-hydrogen) atoms. The number of fused-ring (bicyclic) bond motifs is 2. The number of pyridine rings is 3. The van der Waals surface area contributed by atoms with Gasteiger partial charge in [0.2, 0.25) is 5.88 Å². The van der Waals surface area contributed by atoms with Crippen LogP contribution in [0.1, 0.15) is 24.6 Å². The molecular weight excluding hydrogens is 437 g/mol. The van der Waals surface area contributed by atoms with Crippen LogP contribution in [0.15, 0.2) is 30.6 Å². The third-order valence-electron chi connectivity index (χ3n) is 6.61. The van der Waals surface area contributed by atoms with Crippen molar-refractivity contribution < 1.29 is 18.6 Å². The molecule has 8 nitrogen and oxygen atoms in total. The van der Waals surface area contributed by atoms with Crippen LogP contribution < -0.4 is 19.5 Å². The van der Waals surface area contributed by atoms with Crippen LogP contribution in [0.3, 0.4) is 0 Å². The molecule has 0 aliphatic carbocycles. The van der Waals surface area contributed by atoms with E-state index >= 15 is 0 Å². The van der Waals surface area contributed by atoms with Crippen LogP contribution in [0.5, 0.6) is 17.4 Å². The molecule has 0 spiro atoms. The van der Waals surface area contributed by atoms with Crippen molar-refractivity contribution in [3.63, 3.8) is 0 Å². The molecule has 1 fully saturated rings. The van der Waals surface area contributed by atoms with Crippen LogP contribution in [0, 0.1) is 11.2 Å². The fraction of sp³-hybridized carbons (Fsp3) is 0.480. The molecule has 0 aromatic carbocycles. The van der Waals surface area contributed by atoms with Crippen LogP contribution in [0.4, 0.5) is 4.39 Å². The molecule has 5 rings (SSSR count). The number of likely N-dealkylation sites (tertiary alicyclic amines) is 1. The maximum atomic E-state index is 14.6. The number of halogens is 1. The van der Waals surface area contributed by atoms with Gasteiger partial charge >= 0.3 is 0 Å². The maximum absolute atomic E-state index is 14.6. The van der Waals surface area contributed by atoms with E-state index in [9.17, 15) is 4.39 Å². The highest BCUT2D eigenvalue weighted by Crippen LogP contribution is 2.31. The van der Waals surface area contributed by atoms with Gasteiger partial charge in [-0.05, 0) is 30.9 Å². The van der Waals surface area contributed by atoms with Gasteiger partial charge in [-0.1, -0.05) is 6.92 Å². The quantitative estimate of drug-likeness (QED) is 0.542. The zero-order valence-corrected chi connectivity index (χ0v) is 19.6. The van der Waals surface area contributed by atoms with Crippen molar-refractivity contribution in [2.75, 3.05) is 46.5 Å². The second-order valence-electron chi connectivity index (χ2n) is 9.32. The second-order valence-corrected chi connectivity index (χ2v) is 9.32. The number of nitrogens with zero attached hydrogens (tertiary/aromatic N) is 4. The standard InChI is InChI=1S/C25H30FN5O3/c1-25(15-27-12-17-11-21-22(14-28-17)34-10-9-33-21)6-8-31(16-25)7-5-18-19(26)13-29-20-3-4-23(32-2)30-24(18)20/h3-4,11,13-14,27H,5-10,12,15-16H2,1-2H3. The summed E-state index contributed by atoms with van der Waals surface area (Å²) >= 11 is 0. The van der Waals surface area contributed by atoms with Gasteiger partial charge in [-0.3, -0.25) is 9.97 Å². The van der Waals surface area contributed by atoms with E-state index in [4.69, 9.17) is 14.2 Å². The molecule has 2 aliphatic heterocycles. The van der Waals surface area contributed by atoms with Gasteiger partial charge in [0.1, 0.15) is 19.0 Å². The zero-order chi connectivity index (χ0) is 23.5. The Morgan fingerprint density at radius 1 is 1.18 bits per heavy atom. The molecule has 1 N–H and O–H groups in total. The van der Waals surface area contributed by atoms with Crippen LogP contribution in [0.25, 0.3) is 11.0 Å². The van der Waals surface area contributed by atoms with E-state index in [0.29, 0.717) is 54.4 Å². The van der Waals surface area contributed by atoms with Crippen LogP contribution in [-0.2, 0) is 13.0 Å². The molecule has 3 aromatic heterocycles. The molecule has 3 aromatic rings. The summed E-state index contributed by atoms with van der Waals surface area (Å²) in [5, 5.41) is 3.55. The minimum atomic E-state index is -0.316. The molecule has 9 heteroatoms. The van der Waals surface area contributed by atoms with Crippen molar-refractivity contribution in [2.24, 2.45) is 5.41 Å². The third-order valence-corrected chi connectivity index (χ3v) is 6.61. The molecule has 1 unspecified atom stereocenters. The summed E-state index contributed by atoms with van der Waals surface area (Å²) in [6.07, 6.45) is 4.68. The molecular formula is C25H30FN5O3. The molecule has 2 aliphatic rings. The highest BCUT2D eigenvalue weighted by molar-refractivity contribution is 5.78. The number of ether oxygens (including phenoxy) is 3. The summed E-state index contributed by atoms with van der Waals surface area (Å²) in [6.45, 7) is 7.70. The Morgan fingerprint density at radius 3 is 2.88 bits per heavy atom. The minimum Gasteiger partial charge on any atom is -0.486 e. The van der Waals surface area contributed by atoms with E-state index in [1.54, 1.807) is 19.4 Å². The first-order valence-corrected chi connectivity index (χ1v) is 11.7. The summed E-state index contributed by atoms with van der Waals surface area (Å²) in [7, 11) is 1.56. The molecule has 5 heterocycles. The lowest BCUT2D eigenvalue weighted by molar-refractivity contribution is 0.170. The van der Waals surface area contributed by atoms with Gasteiger partial charge < -0.3 is 24.4 Å². The fourth-order valence-corrected chi connectivity index (χ4v) is 4.74. The summed E-state index contributed by atoms with van der Waals surface area (Å²) in [5.74, 6) is 1.62. The average Bonchev–Trinajstić information content (AvgIpc) is 3.23. The number of rotatable bonds is 8. The first-order chi connectivity index (χ1) is 16.5. The van der Waals surface area contributed by atoms with Gasteiger partial charge in [0.15, 0.2) is 11.5 Å². The first kappa shape index (κ1) is 22.7. The van der Waals surface area contributed by atoms with E-state index in [2.05, 4.69) is 32.1 Å². The van der Waals surface area contributed by atoms with Gasteiger partial charge in [0.25, 0.3) is 0 Å². The van der Waals surface area contributed by atoms with Gasteiger partial charge in [0, 0.05) is 43.9 Å². The van der Waals surface area contributed by atoms with E-state index < -0.39 is 0 Å². The van der Waals surface area contributed by atoms with Crippen LogP contribution >= 0.6 is 0 Å². The summed E-state index contributed by atoms with van der Waals surface area (Å²) in [4.78, 5) is 15.5. The lowest BCUT2D eigenvalue weighted by Gasteiger charge is -2.25. The van der Waals surface area contributed by atoms with Crippen molar-refractivity contribution in [3.05, 3.63) is 47.7 Å². The fourth-order valence-electron chi connectivity index (χ4n) is 4.74. The number of aromatic nitrogens is 3. The predicted octanol–water partition coefficient (Wildman–Crippen LogP) is 2.99. The van der Waals surface area contributed by atoms with Crippen molar-refractivity contribution >= 4 is 11.0 Å². The second kappa shape index (κ2) is 9.68. The molecule has 0 amide bonds. The monoisotopic (exact) mass is 467 g/mol. The lowest BCUT2D eigenvalue weighted by Crippen LogP contribution is -2.35. The van der Waals surface area contributed by atoms with Crippen molar-refractivity contribution in [2.45, 2.75) is 26.3 Å². The molecule has 1 atom stereocenters. The van der Waals surface area contributed by atoms with E-state index in [0.717, 1.165) is 44.0 Å². The van der Waals surface area contributed by atoms with E-state index in [-0.39, 0.29) is 11.2 Å². The van der Waals surface area contributed by atoms with E-state index in [1.165, 1.54) is 6.20 Å². The van der Waals surface area contributed by atoms with Gasteiger partial charge in [-0.15, -0.1) is 0 Å². The molecule has 180 valence electrons. The largest absolute Gasteiger partial charge is 0.486 e.